The van der Waals surface area contributed by atoms with Crippen molar-refractivity contribution in [3.63, 3.8) is 0 Å². The number of nitrogens with two attached hydrogens (primary N) is 1. The second kappa shape index (κ2) is 9.64. The molecule has 2 heterocycles. The van der Waals surface area contributed by atoms with Gasteiger partial charge in [0.25, 0.3) is 5.91 Å². The second-order valence-corrected chi connectivity index (χ2v) is 9.51. The maximum atomic E-state index is 14.3. The monoisotopic (exact) mass is 465 g/mol. The average Bonchev–Trinajstić information content (AvgIpc) is 2.77. The molecule has 34 heavy (non-hydrogen) atoms. The van der Waals surface area contributed by atoms with Crippen molar-refractivity contribution in [2.75, 3.05) is 5.06 Å². The van der Waals surface area contributed by atoms with E-state index >= 15 is 0 Å². The molecule has 3 rings (SSSR count). The Bertz CT molecular complexity index is 1190. The summed E-state index contributed by atoms with van der Waals surface area (Å²) in [6, 6.07) is 12.8. The lowest BCUT2D eigenvalue weighted by Crippen LogP contribution is -2.41. The highest BCUT2D eigenvalue weighted by Crippen LogP contribution is 2.30. The maximum absolute atomic E-state index is 14.3. The van der Waals surface area contributed by atoms with Crippen molar-refractivity contribution >= 4 is 17.6 Å². The van der Waals surface area contributed by atoms with Crippen molar-refractivity contribution < 1.29 is 18.8 Å². The predicted octanol–water partition coefficient (Wildman–Crippen LogP) is 4.21. The van der Waals surface area contributed by atoms with Gasteiger partial charge < -0.3 is 5.73 Å². The van der Waals surface area contributed by atoms with Crippen LogP contribution in [0.15, 0.2) is 54.7 Å². The van der Waals surface area contributed by atoms with Crippen molar-refractivity contribution in [1.82, 2.24) is 15.2 Å². The van der Waals surface area contributed by atoms with Crippen LogP contribution in [0.4, 0.5) is 10.2 Å². The van der Waals surface area contributed by atoms with E-state index in [1.807, 2.05) is 0 Å². The van der Waals surface area contributed by atoms with Gasteiger partial charge in [-0.15, -0.1) is 10.2 Å². The normalized spacial score (nSPS) is 11.8. The first-order valence-electron chi connectivity index (χ1n) is 10.7. The topological polar surface area (TPSA) is 111 Å². The summed E-state index contributed by atoms with van der Waals surface area (Å²) in [6.45, 7) is 8.88. The molecule has 2 N–H and O–H groups in total. The van der Waals surface area contributed by atoms with Gasteiger partial charge in [-0.1, -0.05) is 26.0 Å². The van der Waals surface area contributed by atoms with Crippen LogP contribution in [0.2, 0.25) is 0 Å². The van der Waals surface area contributed by atoms with Crippen LogP contribution in [0.25, 0.3) is 11.3 Å². The summed E-state index contributed by atoms with van der Waals surface area (Å²) in [5, 5.41) is 9.47. The number of amides is 2. The molecular formula is C25H28FN5O3. The van der Waals surface area contributed by atoms with Crippen LogP contribution >= 0.6 is 0 Å². The van der Waals surface area contributed by atoms with Gasteiger partial charge in [0.2, 0.25) is 5.91 Å². The molecule has 0 aliphatic heterocycles. The lowest BCUT2D eigenvalue weighted by atomic mass is 9.84. The number of pyridine rings is 1. The molecule has 8 nitrogen and oxygen atoms in total. The van der Waals surface area contributed by atoms with Crippen LogP contribution in [0, 0.1) is 5.82 Å². The molecule has 0 fully saturated rings. The van der Waals surface area contributed by atoms with Gasteiger partial charge in [-0.25, -0.2) is 4.39 Å². The van der Waals surface area contributed by atoms with E-state index < -0.39 is 28.6 Å². The van der Waals surface area contributed by atoms with Crippen molar-refractivity contribution in [1.29, 1.82) is 0 Å². The van der Waals surface area contributed by atoms with Gasteiger partial charge in [0.05, 0.1) is 17.0 Å². The zero-order chi connectivity index (χ0) is 25.1. The molecule has 3 aromatic rings. The van der Waals surface area contributed by atoms with E-state index in [0.29, 0.717) is 16.8 Å². The molecule has 9 heteroatoms. The third-order valence-electron chi connectivity index (χ3n) is 4.89. The van der Waals surface area contributed by atoms with Gasteiger partial charge in [0, 0.05) is 29.2 Å². The van der Waals surface area contributed by atoms with Gasteiger partial charge in [-0.3, -0.25) is 19.4 Å². The van der Waals surface area contributed by atoms with Crippen LogP contribution < -0.4 is 10.8 Å². The fourth-order valence-corrected chi connectivity index (χ4v) is 3.34. The van der Waals surface area contributed by atoms with Gasteiger partial charge in [0.1, 0.15) is 5.82 Å². The highest BCUT2D eigenvalue weighted by Gasteiger charge is 2.34. The Kier molecular flexibility index (Phi) is 7.07. The summed E-state index contributed by atoms with van der Waals surface area (Å²) >= 11 is 0. The Hall–Kier alpha value is -3.72. The van der Waals surface area contributed by atoms with Crippen LogP contribution in [0.3, 0.4) is 0 Å². The largest absolute Gasteiger partial charge is 0.366 e. The standard InChI is InChI=1S/C25H28FN5O3/c1-24(2,3)34-31(21(32)15-25(4,5)22-18(26)10-7-13-28-22)20-12-11-19(29-30-20)16-8-6-9-17(14-16)23(27)33/h6-14H,15H2,1-5H3,(H2,27,33). The first-order chi connectivity index (χ1) is 15.9. The van der Waals surface area contributed by atoms with Crippen LogP contribution in [0.1, 0.15) is 57.1 Å². The molecular weight excluding hydrogens is 437 g/mol. The van der Waals surface area contributed by atoms with Gasteiger partial charge in [0.15, 0.2) is 5.82 Å². The molecule has 0 spiro atoms. The number of nitrogens with zero attached hydrogens (tertiary/aromatic N) is 4. The predicted molar refractivity (Wildman–Crippen MR) is 126 cm³/mol. The van der Waals surface area contributed by atoms with Gasteiger partial charge in [-0.2, -0.15) is 5.06 Å². The molecule has 0 saturated heterocycles. The van der Waals surface area contributed by atoms with Crippen LogP contribution in [-0.4, -0.2) is 32.6 Å². The number of hydroxylamine groups is 1. The molecule has 0 unspecified atom stereocenters. The molecule has 1 aromatic carbocycles. The molecule has 2 amide bonds. The van der Waals surface area contributed by atoms with Crippen LogP contribution in [0.5, 0.6) is 0 Å². The fourth-order valence-electron chi connectivity index (χ4n) is 3.34. The molecule has 2 aromatic heterocycles. The summed E-state index contributed by atoms with van der Waals surface area (Å²) in [6.07, 6.45) is 1.41. The van der Waals surface area contributed by atoms with E-state index in [9.17, 15) is 14.0 Å². The van der Waals surface area contributed by atoms with E-state index in [4.69, 9.17) is 10.6 Å². The minimum absolute atomic E-state index is 0.0822. The zero-order valence-corrected chi connectivity index (χ0v) is 19.9. The molecule has 0 atom stereocenters. The number of aromatic nitrogens is 3. The van der Waals surface area contributed by atoms with Crippen LogP contribution in [-0.2, 0) is 15.0 Å². The lowest BCUT2D eigenvalue weighted by molar-refractivity contribution is -0.133. The summed E-state index contributed by atoms with van der Waals surface area (Å²) in [4.78, 5) is 34.8. The Balaban J connectivity index is 1.90. The average molecular weight is 466 g/mol. The number of halogens is 1. The SMILES string of the molecule is CC(C)(C)ON(C(=O)CC(C)(C)c1ncccc1F)c1ccc(-c2cccc(C(N)=O)c2)nn1. The van der Waals surface area contributed by atoms with E-state index in [0.717, 1.165) is 5.06 Å². The highest BCUT2D eigenvalue weighted by atomic mass is 19.1. The Morgan fingerprint density at radius 3 is 2.35 bits per heavy atom. The quantitative estimate of drug-likeness (QED) is 0.523. The number of hydrogen-bond donors (Lipinski definition) is 1. The van der Waals surface area contributed by atoms with E-state index in [1.165, 1.54) is 18.3 Å². The molecule has 0 saturated carbocycles. The molecule has 0 aliphatic rings. The number of benzene rings is 1. The molecule has 0 radical (unpaired) electrons. The highest BCUT2D eigenvalue weighted by molar-refractivity contribution is 5.94. The summed E-state index contributed by atoms with van der Waals surface area (Å²) in [5.41, 5.74) is 5.42. The molecule has 178 valence electrons. The van der Waals surface area contributed by atoms with E-state index in [2.05, 4.69) is 15.2 Å². The Morgan fingerprint density at radius 2 is 1.76 bits per heavy atom. The summed E-state index contributed by atoms with van der Waals surface area (Å²) in [5.74, 6) is -1.28. The molecule has 0 bridgehead atoms. The second-order valence-electron chi connectivity index (χ2n) is 9.51. The molecule has 0 aliphatic carbocycles. The number of rotatable bonds is 7. The van der Waals surface area contributed by atoms with Crippen molar-refractivity contribution in [3.8, 4) is 11.3 Å². The van der Waals surface area contributed by atoms with Crippen molar-refractivity contribution in [2.24, 2.45) is 5.73 Å². The number of carbonyl (C=O) groups is 2. The van der Waals surface area contributed by atoms with E-state index in [1.54, 1.807) is 71.0 Å². The first-order valence-corrected chi connectivity index (χ1v) is 10.7. The number of primary amides is 1. The third-order valence-corrected chi connectivity index (χ3v) is 4.89. The lowest BCUT2D eigenvalue weighted by Gasteiger charge is -2.31. The summed E-state index contributed by atoms with van der Waals surface area (Å²) in [7, 11) is 0. The zero-order valence-electron chi connectivity index (χ0n) is 19.9. The smallest absolute Gasteiger partial charge is 0.253 e. The van der Waals surface area contributed by atoms with E-state index in [-0.39, 0.29) is 17.9 Å². The van der Waals surface area contributed by atoms with Crippen molar-refractivity contribution in [2.45, 2.75) is 52.1 Å². The maximum Gasteiger partial charge on any atom is 0.253 e. The van der Waals surface area contributed by atoms with Crippen molar-refractivity contribution in [3.05, 3.63) is 71.8 Å². The Morgan fingerprint density at radius 1 is 1.03 bits per heavy atom. The third kappa shape index (κ3) is 5.99. The van der Waals surface area contributed by atoms with Gasteiger partial charge >= 0.3 is 0 Å². The number of anilines is 1. The minimum Gasteiger partial charge on any atom is -0.366 e. The van der Waals surface area contributed by atoms with Gasteiger partial charge in [-0.05, 0) is 57.2 Å². The number of carbonyl (C=O) groups excluding carboxylic acids is 2. The Labute approximate surface area is 197 Å². The summed E-state index contributed by atoms with van der Waals surface area (Å²) < 4.78 is 14.3. The number of hydrogen-bond acceptors (Lipinski definition) is 6. The minimum atomic E-state index is -0.898. The first kappa shape index (κ1) is 24.9. The fraction of sp³-hybridized carbons (Fsp3) is 0.320.